The number of nitrogens with zero attached hydrogens (tertiary/aromatic N) is 2. The summed E-state index contributed by atoms with van der Waals surface area (Å²) in [6, 6.07) is 5.42. The van der Waals surface area contributed by atoms with E-state index < -0.39 is 18.1 Å². The van der Waals surface area contributed by atoms with Crippen LogP contribution in [0, 0.1) is 18.3 Å². The van der Waals surface area contributed by atoms with Crippen LogP contribution in [0.1, 0.15) is 56.2 Å². The zero-order valence-electron chi connectivity index (χ0n) is 24.3. The average Bonchev–Trinajstić information content (AvgIpc) is 2.95. The lowest BCUT2D eigenvalue weighted by atomic mass is 9.77. The van der Waals surface area contributed by atoms with E-state index in [0.29, 0.717) is 29.6 Å². The molecule has 2 fully saturated rings. The smallest absolute Gasteiger partial charge is 0.249 e. The van der Waals surface area contributed by atoms with Crippen molar-refractivity contribution in [2.24, 2.45) is 5.92 Å². The Kier molecular flexibility index (Phi) is 10.9. The van der Waals surface area contributed by atoms with Gasteiger partial charge < -0.3 is 26.1 Å². The fourth-order valence-electron chi connectivity index (χ4n) is 5.42. The number of aryl methyl sites for hydroxylation is 1. The summed E-state index contributed by atoms with van der Waals surface area (Å²) in [5.74, 6) is -0.466. The van der Waals surface area contributed by atoms with Crippen LogP contribution in [0.15, 0.2) is 43.3 Å². The number of amides is 3. The number of piperidine rings is 1. The van der Waals surface area contributed by atoms with Crippen molar-refractivity contribution in [3.8, 4) is 0 Å². The Morgan fingerprint density at radius 3 is 2.81 bits per heavy atom. The van der Waals surface area contributed by atoms with Gasteiger partial charge in [0.25, 0.3) is 0 Å². The Balaban J connectivity index is 1.15. The molecule has 1 aliphatic heterocycles. The van der Waals surface area contributed by atoms with E-state index in [9.17, 15) is 14.4 Å². The van der Waals surface area contributed by atoms with Crippen molar-refractivity contribution in [3.63, 3.8) is 0 Å². The van der Waals surface area contributed by atoms with Crippen molar-refractivity contribution in [2.75, 3.05) is 13.7 Å². The predicted molar refractivity (Wildman–Crippen MR) is 162 cm³/mol. The normalized spacial score (nSPS) is 22.0. The second-order valence-electron chi connectivity index (χ2n) is 11.1. The lowest BCUT2D eigenvalue weighted by Gasteiger charge is -2.36. The van der Waals surface area contributed by atoms with Gasteiger partial charge in [-0.1, -0.05) is 12.1 Å². The molecular weight excluding hydrogens is 534 g/mol. The number of hydrogen-bond donors (Lipinski definition) is 5. The third-order valence-corrected chi connectivity index (χ3v) is 7.95. The molecule has 1 saturated carbocycles. The van der Waals surface area contributed by atoms with Gasteiger partial charge in [0, 0.05) is 37.6 Å². The number of carbonyl (C=O) groups excluding carboxylic acids is 3. The first-order valence-electron chi connectivity index (χ1n) is 14.5. The summed E-state index contributed by atoms with van der Waals surface area (Å²) < 4.78 is 5.56. The molecule has 1 aliphatic carbocycles. The van der Waals surface area contributed by atoms with Crippen LogP contribution in [0.4, 0.5) is 0 Å². The minimum absolute atomic E-state index is 0.0730. The number of rotatable bonds is 15. The molecule has 11 heteroatoms. The average molecular weight is 576 g/mol. The molecule has 4 rings (SSSR count). The van der Waals surface area contributed by atoms with E-state index in [1.807, 2.05) is 31.3 Å². The first-order valence-corrected chi connectivity index (χ1v) is 14.5. The number of allylic oxidation sites excluding steroid dienone is 1. The van der Waals surface area contributed by atoms with Gasteiger partial charge >= 0.3 is 0 Å². The minimum atomic E-state index is -0.701. The Hall–Kier alpha value is -3.96. The molecule has 0 bridgehead atoms. The molecule has 1 saturated heterocycles. The molecule has 5 N–H and O–H groups in total. The molecule has 42 heavy (non-hydrogen) atoms. The molecule has 0 radical (unpaired) electrons. The Morgan fingerprint density at radius 2 is 2.10 bits per heavy atom. The minimum Gasteiger partial charge on any atom is -0.388 e. The highest BCUT2D eigenvalue weighted by molar-refractivity contribution is 6.07. The molecule has 3 amide bonds. The first kappa shape index (κ1) is 31.0. The van der Waals surface area contributed by atoms with Crippen LogP contribution >= 0.6 is 0 Å². The van der Waals surface area contributed by atoms with Crippen LogP contribution in [0.5, 0.6) is 0 Å². The monoisotopic (exact) mass is 575 g/mol. The van der Waals surface area contributed by atoms with E-state index in [1.165, 1.54) is 6.21 Å². The summed E-state index contributed by atoms with van der Waals surface area (Å²) in [7, 11) is 1.55. The number of ether oxygens (including phenoxy) is 1. The van der Waals surface area contributed by atoms with Crippen molar-refractivity contribution in [1.29, 1.82) is 5.41 Å². The van der Waals surface area contributed by atoms with Crippen LogP contribution in [-0.4, -0.2) is 71.8 Å². The Bertz CT molecular complexity index is 1340. The van der Waals surface area contributed by atoms with Crippen LogP contribution in [-0.2, 0) is 19.1 Å². The quantitative estimate of drug-likeness (QED) is 0.0938. The van der Waals surface area contributed by atoms with E-state index in [0.717, 1.165) is 48.8 Å². The van der Waals surface area contributed by atoms with E-state index in [2.05, 4.69) is 37.8 Å². The molecule has 2 unspecified atom stereocenters. The Labute approximate surface area is 246 Å². The second-order valence-corrected chi connectivity index (χ2v) is 11.1. The maximum Gasteiger partial charge on any atom is 0.249 e. The number of benzene rings is 1. The SMILES string of the molecule is C=CC(NCCCC1CC(N/C=C(\C=N)c2cnc3ccc(C)cc3n2)C1)[C@@H](CC(=O)NC1CCC(=O)NC1=O)OC. The molecule has 224 valence electrons. The predicted octanol–water partition coefficient (Wildman–Crippen LogP) is 2.55. The lowest BCUT2D eigenvalue weighted by Crippen LogP contribution is -2.53. The summed E-state index contributed by atoms with van der Waals surface area (Å²) in [5.41, 5.74) is 4.16. The molecule has 2 aliphatic rings. The van der Waals surface area contributed by atoms with E-state index in [1.54, 1.807) is 19.4 Å². The highest BCUT2D eigenvalue weighted by Gasteiger charge is 2.30. The fraction of sp³-hybridized carbons (Fsp3) is 0.484. The van der Waals surface area contributed by atoms with Crippen molar-refractivity contribution in [1.82, 2.24) is 31.2 Å². The summed E-state index contributed by atoms with van der Waals surface area (Å²) in [6.07, 6.45) is 11.0. The summed E-state index contributed by atoms with van der Waals surface area (Å²) in [6.45, 7) is 6.68. The van der Waals surface area contributed by atoms with Crippen LogP contribution in [0.3, 0.4) is 0 Å². The van der Waals surface area contributed by atoms with Crippen molar-refractivity contribution < 1.29 is 19.1 Å². The Morgan fingerprint density at radius 1 is 1.29 bits per heavy atom. The highest BCUT2D eigenvalue weighted by atomic mass is 16.5. The third kappa shape index (κ3) is 8.29. The summed E-state index contributed by atoms with van der Waals surface area (Å²) in [4.78, 5) is 45.0. The fourth-order valence-corrected chi connectivity index (χ4v) is 5.42. The second kappa shape index (κ2) is 14.8. The molecule has 3 atom stereocenters. The maximum absolute atomic E-state index is 12.5. The summed E-state index contributed by atoms with van der Waals surface area (Å²) >= 11 is 0. The van der Waals surface area contributed by atoms with Crippen LogP contribution in [0.25, 0.3) is 16.6 Å². The number of hydrogen-bond acceptors (Lipinski definition) is 9. The molecule has 2 heterocycles. The third-order valence-electron chi connectivity index (χ3n) is 7.95. The molecule has 1 aromatic carbocycles. The molecule has 2 aromatic rings. The van der Waals surface area contributed by atoms with Crippen molar-refractivity contribution in [3.05, 3.63) is 54.5 Å². The number of aromatic nitrogens is 2. The number of fused-ring (bicyclic) bond motifs is 1. The number of nitrogens with one attached hydrogen (secondary N) is 5. The van der Waals surface area contributed by atoms with E-state index in [-0.39, 0.29) is 30.7 Å². The first-order chi connectivity index (χ1) is 20.3. The largest absolute Gasteiger partial charge is 0.388 e. The van der Waals surface area contributed by atoms with Gasteiger partial charge in [0.1, 0.15) is 6.04 Å². The number of methoxy groups -OCH3 is 1. The topological polar surface area (TPSA) is 158 Å². The van der Waals surface area contributed by atoms with Crippen LogP contribution in [0.2, 0.25) is 0 Å². The number of imide groups is 1. The van der Waals surface area contributed by atoms with E-state index in [4.69, 9.17) is 10.1 Å². The van der Waals surface area contributed by atoms with Gasteiger partial charge in [0.2, 0.25) is 17.7 Å². The molecular formula is C31H41N7O4. The zero-order chi connectivity index (χ0) is 30.1. The standard InChI is InChI=1S/C31H41N7O4/c1-4-23(28(42-3)15-30(40)37-25-9-10-29(39)38-31(25)41)33-11-5-6-20-13-22(14-20)34-17-21(16-32)27-18-35-24-8-7-19(2)12-26(24)36-27/h4,7-8,12,16-18,20,22-23,25,28,32-34H,1,5-6,9-11,13-15H2,2-3H3,(H,37,40)(H,38,39,41)/b21-17+,32-16?/t20?,22?,23?,25?,28-/m1/s1. The van der Waals surface area contributed by atoms with Crippen molar-refractivity contribution >= 4 is 40.5 Å². The van der Waals surface area contributed by atoms with Gasteiger partial charge in [-0.3, -0.25) is 24.7 Å². The van der Waals surface area contributed by atoms with Gasteiger partial charge in [0.15, 0.2) is 0 Å². The molecule has 0 spiro atoms. The van der Waals surface area contributed by atoms with Gasteiger partial charge in [-0.05, 0) is 69.2 Å². The molecule has 1 aromatic heterocycles. The van der Waals surface area contributed by atoms with Gasteiger partial charge in [0.05, 0.1) is 41.5 Å². The zero-order valence-corrected chi connectivity index (χ0v) is 24.3. The van der Waals surface area contributed by atoms with Gasteiger partial charge in [-0.15, -0.1) is 6.58 Å². The van der Waals surface area contributed by atoms with Crippen LogP contribution < -0.4 is 21.3 Å². The number of carbonyl (C=O) groups is 3. The highest BCUT2D eigenvalue weighted by Crippen LogP contribution is 2.31. The van der Waals surface area contributed by atoms with Gasteiger partial charge in [-0.25, -0.2) is 4.98 Å². The van der Waals surface area contributed by atoms with E-state index >= 15 is 0 Å². The maximum atomic E-state index is 12.5. The molecule has 11 nitrogen and oxygen atoms in total. The van der Waals surface area contributed by atoms with Crippen molar-refractivity contribution in [2.45, 2.75) is 76.1 Å². The summed E-state index contributed by atoms with van der Waals surface area (Å²) in [5, 5.41) is 19.7. The lowest BCUT2D eigenvalue weighted by molar-refractivity contribution is -0.137. The van der Waals surface area contributed by atoms with Gasteiger partial charge in [-0.2, -0.15) is 0 Å².